The molecule has 2 N–H and O–H groups in total. The molecule has 0 heterocycles. The molecule has 3 fully saturated rings. The Labute approximate surface area is 219 Å². The van der Waals surface area contributed by atoms with Gasteiger partial charge in [0.2, 0.25) is 0 Å². The molecule has 0 amide bonds. The summed E-state index contributed by atoms with van der Waals surface area (Å²) in [5, 5.41) is 15.8. The molecule has 36 heavy (non-hydrogen) atoms. The summed E-state index contributed by atoms with van der Waals surface area (Å²) in [4.78, 5) is 0. The largest absolute Gasteiger partial charge is 0.385 e. The molecule has 1 aromatic rings. The van der Waals surface area contributed by atoms with Gasteiger partial charge in [-0.1, -0.05) is 42.5 Å². The predicted molar refractivity (Wildman–Crippen MR) is 150 cm³/mol. The Morgan fingerprint density at radius 3 is 2.56 bits per heavy atom. The van der Waals surface area contributed by atoms with Gasteiger partial charge in [0.1, 0.15) is 5.60 Å². The number of allylic oxidation sites excluding steroid dienone is 4. The van der Waals surface area contributed by atoms with E-state index >= 15 is 0 Å². The Balaban J connectivity index is 1.40. The van der Waals surface area contributed by atoms with Crippen molar-refractivity contribution in [3.05, 3.63) is 52.6 Å². The molecular formula is C34H45NO. The van der Waals surface area contributed by atoms with Crippen molar-refractivity contribution in [2.75, 3.05) is 11.9 Å². The molecule has 0 radical (unpaired) electrons. The van der Waals surface area contributed by atoms with Crippen LogP contribution in [0.3, 0.4) is 0 Å². The second-order valence-corrected chi connectivity index (χ2v) is 13.8. The molecule has 2 heteroatoms. The molecule has 6 rings (SSSR count). The summed E-state index contributed by atoms with van der Waals surface area (Å²) in [5.41, 5.74) is 6.58. The Bertz CT molecular complexity index is 1130. The maximum Gasteiger partial charge on any atom is 0.131 e. The molecule has 1 aromatic carbocycles. The zero-order valence-corrected chi connectivity index (χ0v) is 22.9. The van der Waals surface area contributed by atoms with E-state index < -0.39 is 5.60 Å². The fourth-order valence-corrected chi connectivity index (χ4v) is 7.98. The fourth-order valence-electron chi connectivity index (χ4n) is 7.98. The van der Waals surface area contributed by atoms with Crippen molar-refractivity contribution < 1.29 is 5.11 Å². The van der Waals surface area contributed by atoms with Crippen molar-refractivity contribution in [3.8, 4) is 11.8 Å². The first kappa shape index (κ1) is 24.4. The van der Waals surface area contributed by atoms with Crippen LogP contribution >= 0.6 is 0 Å². The number of aliphatic hydroxyl groups is 1. The van der Waals surface area contributed by atoms with Gasteiger partial charge in [-0.05, 0) is 132 Å². The molecule has 0 aliphatic heterocycles. The van der Waals surface area contributed by atoms with E-state index in [9.17, 15) is 5.11 Å². The van der Waals surface area contributed by atoms with Gasteiger partial charge in [0.25, 0.3) is 0 Å². The minimum absolute atomic E-state index is 0.0959. The first-order chi connectivity index (χ1) is 17.2. The van der Waals surface area contributed by atoms with E-state index in [0.29, 0.717) is 17.8 Å². The van der Waals surface area contributed by atoms with Gasteiger partial charge < -0.3 is 10.4 Å². The van der Waals surface area contributed by atoms with Crippen molar-refractivity contribution in [3.63, 3.8) is 0 Å². The minimum atomic E-state index is -0.895. The molecular weight excluding hydrogens is 438 g/mol. The molecule has 5 atom stereocenters. The van der Waals surface area contributed by atoms with E-state index in [-0.39, 0.29) is 10.8 Å². The number of rotatable bonds is 4. The third kappa shape index (κ3) is 4.26. The summed E-state index contributed by atoms with van der Waals surface area (Å²) in [7, 11) is 0. The van der Waals surface area contributed by atoms with E-state index in [1.807, 2.05) is 0 Å². The molecule has 0 aromatic heterocycles. The number of hydrogen-bond donors (Lipinski definition) is 2. The normalized spacial score (nSPS) is 35.7. The Hall–Kier alpha value is -1.98. The maximum absolute atomic E-state index is 12.2. The van der Waals surface area contributed by atoms with Crippen LogP contribution < -0.4 is 5.32 Å². The van der Waals surface area contributed by atoms with Gasteiger partial charge >= 0.3 is 0 Å². The summed E-state index contributed by atoms with van der Waals surface area (Å²) in [5.74, 6) is 9.28. The highest BCUT2D eigenvalue weighted by Crippen LogP contribution is 2.66. The summed E-state index contributed by atoms with van der Waals surface area (Å²) in [6, 6.07) is 9.36. The first-order valence-corrected chi connectivity index (χ1v) is 14.7. The van der Waals surface area contributed by atoms with Crippen molar-refractivity contribution >= 4 is 5.69 Å². The number of hydrogen-bond acceptors (Lipinski definition) is 2. The third-order valence-corrected chi connectivity index (χ3v) is 10.2. The highest BCUT2D eigenvalue weighted by Gasteiger charge is 2.62. The van der Waals surface area contributed by atoms with Crippen molar-refractivity contribution in [2.24, 2.45) is 28.6 Å². The maximum atomic E-state index is 12.2. The smallest absolute Gasteiger partial charge is 0.131 e. The van der Waals surface area contributed by atoms with Crippen LogP contribution in [0.25, 0.3) is 0 Å². The van der Waals surface area contributed by atoms with Gasteiger partial charge in [-0.15, -0.1) is 0 Å². The number of nitrogens with one attached hydrogen (secondary N) is 1. The monoisotopic (exact) mass is 483 g/mol. The van der Waals surface area contributed by atoms with E-state index in [2.05, 4.69) is 75.2 Å². The number of anilines is 1. The van der Waals surface area contributed by atoms with E-state index in [0.717, 1.165) is 31.7 Å². The molecule has 0 unspecified atom stereocenters. The van der Waals surface area contributed by atoms with Gasteiger partial charge in [-0.3, -0.25) is 0 Å². The Morgan fingerprint density at radius 1 is 1.06 bits per heavy atom. The Kier molecular flexibility index (Phi) is 5.96. The SMILES string of the molecule is CC(C)(C)C#C[C@]1(O)CC[C@H]2[C@@H]3CCC4=CCCCC4=C3[C@@H](c3ccc(NCC4CC4)cc3)C[C@@]21C. The number of benzene rings is 1. The van der Waals surface area contributed by atoms with Gasteiger partial charge in [-0.25, -0.2) is 0 Å². The first-order valence-electron chi connectivity index (χ1n) is 14.7. The van der Waals surface area contributed by atoms with E-state index in [1.165, 1.54) is 56.2 Å². The van der Waals surface area contributed by atoms with Crippen LogP contribution in [0, 0.1) is 40.4 Å². The lowest BCUT2D eigenvalue weighted by Gasteiger charge is -2.53. The standard InChI is InChI=1S/C34H45NO/c1-32(2,3)19-20-34(36)18-17-30-28-16-13-24-7-5-6-8-27(24)31(28)29(21-33(30,34)4)25-11-14-26(15-12-25)35-22-23-9-10-23/h7,11-12,14-15,23,28-30,35-36H,5-6,8-10,13,16-18,21-22H2,1-4H3/t28-,29+,30-,33-,34+/m0/s1. The molecule has 0 spiro atoms. The molecule has 5 aliphatic carbocycles. The average molecular weight is 484 g/mol. The predicted octanol–water partition coefficient (Wildman–Crippen LogP) is 8.01. The summed E-state index contributed by atoms with van der Waals surface area (Å²) in [6.45, 7) is 9.95. The van der Waals surface area contributed by atoms with E-state index in [4.69, 9.17) is 0 Å². The topological polar surface area (TPSA) is 32.3 Å². The van der Waals surface area contributed by atoms with Crippen LogP contribution in [0.5, 0.6) is 0 Å². The van der Waals surface area contributed by atoms with Crippen LogP contribution in [0.15, 0.2) is 47.1 Å². The highest BCUT2D eigenvalue weighted by atomic mass is 16.3. The van der Waals surface area contributed by atoms with Gasteiger partial charge in [-0.2, -0.15) is 0 Å². The van der Waals surface area contributed by atoms with E-state index in [1.54, 1.807) is 16.7 Å². The van der Waals surface area contributed by atoms with Gasteiger partial charge in [0.15, 0.2) is 0 Å². The highest BCUT2D eigenvalue weighted by molar-refractivity contribution is 5.52. The van der Waals surface area contributed by atoms with Gasteiger partial charge in [0, 0.05) is 29.0 Å². The summed E-state index contributed by atoms with van der Waals surface area (Å²) < 4.78 is 0. The molecule has 0 bridgehead atoms. The Morgan fingerprint density at radius 2 is 1.83 bits per heavy atom. The lowest BCUT2D eigenvalue weighted by atomic mass is 9.51. The van der Waals surface area contributed by atoms with Crippen LogP contribution in [-0.4, -0.2) is 17.3 Å². The second kappa shape index (κ2) is 8.80. The lowest BCUT2D eigenvalue weighted by molar-refractivity contribution is -0.0515. The second-order valence-electron chi connectivity index (χ2n) is 13.8. The molecule has 2 nitrogen and oxygen atoms in total. The fraction of sp³-hybridized carbons (Fsp3) is 0.647. The van der Waals surface area contributed by atoms with Crippen molar-refractivity contribution in [1.82, 2.24) is 0 Å². The quantitative estimate of drug-likeness (QED) is 0.425. The van der Waals surface area contributed by atoms with Gasteiger partial charge in [0.05, 0.1) is 0 Å². The van der Waals surface area contributed by atoms with Crippen molar-refractivity contribution in [1.29, 1.82) is 0 Å². The van der Waals surface area contributed by atoms with Crippen LogP contribution in [0.4, 0.5) is 5.69 Å². The lowest BCUT2D eigenvalue weighted by Crippen LogP contribution is -2.51. The average Bonchev–Trinajstić information content (AvgIpc) is 3.65. The summed E-state index contributed by atoms with van der Waals surface area (Å²) in [6.07, 6.45) is 14.4. The van der Waals surface area contributed by atoms with Crippen LogP contribution in [0.2, 0.25) is 0 Å². The molecule has 0 saturated heterocycles. The molecule has 5 aliphatic rings. The molecule has 3 saturated carbocycles. The zero-order chi connectivity index (χ0) is 25.1. The zero-order valence-electron chi connectivity index (χ0n) is 22.9. The van der Waals surface area contributed by atoms with Crippen LogP contribution in [-0.2, 0) is 0 Å². The number of fused-ring (bicyclic) bond motifs is 4. The van der Waals surface area contributed by atoms with Crippen LogP contribution in [0.1, 0.15) is 103 Å². The molecule has 192 valence electrons. The summed E-state index contributed by atoms with van der Waals surface area (Å²) >= 11 is 0. The van der Waals surface area contributed by atoms with Crippen molar-refractivity contribution in [2.45, 2.75) is 103 Å². The third-order valence-electron chi connectivity index (χ3n) is 10.2. The minimum Gasteiger partial charge on any atom is -0.385 e.